The summed E-state index contributed by atoms with van der Waals surface area (Å²) in [5.74, 6) is 1.04. The molecule has 0 fully saturated rings. The zero-order valence-corrected chi connectivity index (χ0v) is 16.9. The summed E-state index contributed by atoms with van der Waals surface area (Å²) < 4.78 is 1.26. The van der Waals surface area contributed by atoms with Crippen molar-refractivity contribution < 1.29 is 0 Å². The van der Waals surface area contributed by atoms with E-state index < -0.39 is 0 Å². The lowest BCUT2D eigenvalue weighted by atomic mass is 9.86. The number of H-pyrrole nitrogens is 1. The van der Waals surface area contributed by atoms with E-state index in [-0.39, 0.29) is 10.8 Å². The van der Waals surface area contributed by atoms with Gasteiger partial charge < -0.3 is 4.98 Å². The molecule has 0 atom stereocenters. The van der Waals surface area contributed by atoms with Crippen LogP contribution >= 0.6 is 11.3 Å². The zero-order chi connectivity index (χ0) is 18.5. The second-order valence-corrected chi connectivity index (χ2v) is 9.76. The molecule has 1 N–H and O–H groups in total. The molecule has 0 saturated heterocycles. The summed E-state index contributed by atoms with van der Waals surface area (Å²) in [6.45, 7) is 11.1. The van der Waals surface area contributed by atoms with Crippen LogP contribution in [0, 0.1) is 0 Å². The number of thiazole rings is 1. The van der Waals surface area contributed by atoms with Crippen LogP contribution in [0.25, 0.3) is 21.3 Å². The maximum Gasteiger partial charge on any atom is 0.112 e. The molecule has 0 aliphatic rings. The fraction of sp³-hybridized carbons (Fsp3) is 0.364. The molecular formula is C22H25N3S. The molecule has 2 aromatic carbocycles. The molecule has 0 aliphatic carbocycles. The van der Waals surface area contributed by atoms with Crippen molar-refractivity contribution in [2.75, 3.05) is 0 Å². The Labute approximate surface area is 158 Å². The molecule has 2 aromatic heterocycles. The number of nitrogens with one attached hydrogen (secondary N) is 1. The number of nitrogens with zero attached hydrogens (tertiary/aromatic N) is 2. The van der Waals surface area contributed by atoms with Crippen LogP contribution in [0.15, 0.2) is 42.5 Å². The van der Waals surface area contributed by atoms with E-state index in [1.54, 1.807) is 11.3 Å². The number of aromatic nitrogens is 3. The topological polar surface area (TPSA) is 41.6 Å². The molecule has 134 valence electrons. The van der Waals surface area contributed by atoms with Gasteiger partial charge in [-0.2, -0.15) is 0 Å². The SMILES string of the molecule is CC(C)(C)c1nc2cc(CC(C)(C)c3nc4ccccc4s3)ccc2[nH]1. The highest BCUT2D eigenvalue weighted by molar-refractivity contribution is 7.18. The van der Waals surface area contributed by atoms with Gasteiger partial charge in [0, 0.05) is 10.8 Å². The number of imidazole rings is 1. The van der Waals surface area contributed by atoms with Gasteiger partial charge in [-0.3, -0.25) is 0 Å². The van der Waals surface area contributed by atoms with Crippen molar-refractivity contribution in [3.8, 4) is 0 Å². The number of hydrogen-bond donors (Lipinski definition) is 1. The predicted molar refractivity (Wildman–Crippen MR) is 111 cm³/mol. The Hall–Kier alpha value is -2.20. The molecule has 0 amide bonds. The van der Waals surface area contributed by atoms with Crippen LogP contribution < -0.4 is 0 Å². The summed E-state index contributed by atoms with van der Waals surface area (Å²) in [4.78, 5) is 13.1. The quantitative estimate of drug-likeness (QED) is 0.486. The average Bonchev–Trinajstić information content (AvgIpc) is 3.18. The smallest absolute Gasteiger partial charge is 0.112 e. The molecule has 0 bridgehead atoms. The van der Waals surface area contributed by atoms with E-state index in [4.69, 9.17) is 9.97 Å². The average molecular weight is 364 g/mol. The lowest BCUT2D eigenvalue weighted by Gasteiger charge is -2.22. The van der Waals surface area contributed by atoms with Crippen molar-refractivity contribution in [1.29, 1.82) is 0 Å². The third-order valence-corrected chi connectivity index (χ3v) is 6.18. The molecule has 3 nitrogen and oxygen atoms in total. The molecule has 4 heteroatoms. The minimum Gasteiger partial charge on any atom is -0.342 e. The molecule has 2 heterocycles. The van der Waals surface area contributed by atoms with Crippen molar-refractivity contribution >= 4 is 32.6 Å². The summed E-state index contributed by atoms with van der Waals surface area (Å²) in [5.41, 5.74) is 4.57. The van der Waals surface area contributed by atoms with Crippen LogP contribution in [0.3, 0.4) is 0 Å². The van der Waals surface area contributed by atoms with E-state index in [0.717, 1.165) is 28.8 Å². The van der Waals surface area contributed by atoms with E-state index in [9.17, 15) is 0 Å². The predicted octanol–water partition coefficient (Wildman–Crippen LogP) is 5.99. The Morgan fingerprint density at radius 2 is 1.69 bits per heavy atom. The van der Waals surface area contributed by atoms with Crippen LogP contribution in [0.5, 0.6) is 0 Å². The van der Waals surface area contributed by atoms with Crippen molar-refractivity contribution in [1.82, 2.24) is 15.0 Å². The number of rotatable bonds is 3. The van der Waals surface area contributed by atoms with Gasteiger partial charge in [-0.1, -0.05) is 52.8 Å². The second-order valence-electron chi connectivity index (χ2n) is 8.73. The van der Waals surface area contributed by atoms with E-state index >= 15 is 0 Å². The molecule has 4 aromatic rings. The van der Waals surface area contributed by atoms with Crippen LogP contribution in [0.2, 0.25) is 0 Å². The molecule has 0 spiro atoms. The molecular weight excluding hydrogens is 338 g/mol. The van der Waals surface area contributed by atoms with Crippen LogP contribution in [-0.2, 0) is 17.3 Å². The van der Waals surface area contributed by atoms with Crippen LogP contribution in [0.1, 0.15) is 51.0 Å². The van der Waals surface area contributed by atoms with Gasteiger partial charge in [0.15, 0.2) is 0 Å². The minimum absolute atomic E-state index is 0.0134. The number of hydrogen-bond acceptors (Lipinski definition) is 3. The third-order valence-electron chi connectivity index (χ3n) is 4.78. The lowest BCUT2D eigenvalue weighted by Crippen LogP contribution is -2.20. The van der Waals surface area contributed by atoms with Crippen molar-refractivity contribution in [2.24, 2.45) is 0 Å². The maximum absolute atomic E-state index is 4.88. The normalized spacial score (nSPS) is 13.0. The zero-order valence-electron chi connectivity index (χ0n) is 16.1. The monoisotopic (exact) mass is 363 g/mol. The number of aromatic amines is 1. The van der Waals surface area contributed by atoms with Gasteiger partial charge in [-0.05, 0) is 36.2 Å². The summed E-state index contributed by atoms with van der Waals surface area (Å²) in [7, 11) is 0. The Kier molecular flexibility index (Phi) is 3.92. The molecule has 0 radical (unpaired) electrons. The fourth-order valence-electron chi connectivity index (χ4n) is 3.26. The number of benzene rings is 2. The van der Waals surface area contributed by atoms with Gasteiger partial charge in [0.1, 0.15) is 5.82 Å². The highest BCUT2D eigenvalue weighted by atomic mass is 32.1. The van der Waals surface area contributed by atoms with Crippen molar-refractivity contribution in [2.45, 2.75) is 51.9 Å². The fourth-order valence-corrected chi connectivity index (χ4v) is 4.33. The first-order chi connectivity index (χ1) is 12.2. The summed E-state index contributed by atoms with van der Waals surface area (Å²) in [5, 5.41) is 1.19. The highest BCUT2D eigenvalue weighted by Crippen LogP contribution is 2.34. The second kappa shape index (κ2) is 5.92. The Morgan fingerprint density at radius 1 is 0.923 bits per heavy atom. The standard InChI is InChI=1S/C22H25N3S/c1-21(2,3)19-23-15-11-10-14(12-17(15)24-19)13-22(4,5)20-25-16-8-6-7-9-18(16)26-20/h6-12H,13H2,1-5H3,(H,23,24). The largest absolute Gasteiger partial charge is 0.342 e. The van der Waals surface area contributed by atoms with Gasteiger partial charge in [-0.15, -0.1) is 11.3 Å². The van der Waals surface area contributed by atoms with Gasteiger partial charge in [0.25, 0.3) is 0 Å². The first-order valence-electron chi connectivity index (χ1n) is 9.08. The van der Waals surface area contributed by atoms with Gasteiger partial charge in [0.2, 0.25) is 0 Å². The van der Waals surface area contributed by atoms with E-state index in [0.29, 0.717) is 0 Å². The molecule has 0 aliphatic heterocycles. The Morgan fingerprint density at radius 3 is 2.42 bits per heavy atom. The highest BCUT2D eigenvalue weighted by Gasteiger charge is 2.26. The van der Waals surface area contributed by atoms with E-state index in [1.807, 2.05) is 0 Å². The Bertz CT molecular complexity index is 1050. The van der Waals surface area contributed by atoms with Crippen molar-refractivity contribution in [3.05, 3.63) is 58.9 Å². The van der Waals surface area contributed by atoms with E-state index in [2.05, 4.69) is 82.1 Å². The first-order valence-corrected chi connectivity index (χ1v) is 9.89. The summed E-state index contributed by atoms with van der Waals surface area (Å²) in [6, 6.07) is 15.0. The Balaban J connectivity index is 1.66. The van der Waals surface area contributed by atoms with Crippen LogP contribution in [0.4, 0.5) is 0 Å². The molecule has 0 saturated carbocycles. The van der Waals surface area contributed by atoms with E-state index in [1.165, 1.54) is 15.3 Å². The van der Waals surface area contributed by atoms with Gasteiger partial charge >= 0.3 is 0 Å². The van der Waals surface area contributed by atoms with Crippen LogP contribution in [-0.4, -0.2) is 15.0 Å². The van der Waals surface area contributed by atoms with Crippen molar-refractivity contribution in [3.63, 3.8) is 0 Å². The number of fused-ring (bicyclic) bond motifs is 2. The summed E-state index contributed by atoms with van der Waals surface area (Å²) in [6.07, 6.45) is 0.945. The first kappa shape index (κ1) is 17.2. The summed E-state index contributed by atoms with van der Waals surface area (Å²) >= 11 is 1.80. The minimum atomic E-state index is -0.0134. The lowest BCUT2D eigenvalue weighted by molar-refractivity contribution is 0.520. The molecule has 26 heavy (non-hydrogen) atoms. The molecule has 0 unspecified atom stereocenters. The third kappa shape index (κ3) is 3.14. The maximum atomic E-state index is 4.88. The number of para-hydroxylation sites is 1. The van der Waals surface area contributed by atoms with Gasteiger partial charge in [0.05, 0.1) is 26.3 Å². The van der Waals surface area contributed by atoms with Gasteiger partial charge in [-0.25, -0.2) is 9.97 Å². The molecule has 4 rings (SSSR count).